The van der Waals surface area contributed by atoms with E-state index in [0.717, 1.165) is 31.6 Å². The number of aliphatic hydroxyl groups is 1. The molecule has 158 valence electrons. The van der Waals surface area contributed by atoms with E-state index in [1.807, 2.05) is 36.2 Å². The Labute approximate surface area is 174 Å². The van der Waals surface area contributed by atoms with Crippen LogP contribution >= 0.6 is 0 Å². The molecule has 1 aromatic rings. The van der Waals surface area contributed by atoms with Gasteiger partial charge in [-0.2, -0.15) is 0 Å². The SMILES string of the molecule is CN(C(=O)c1ccccc1OCC1CCCCC1)C1C2CC3CC1CC(O)(C3)C2. The average molecular weight is 398 g/mol. The average Bonchev–Trinajstić information content (AvgIpc) is 2.71. The number of ether oxygens (including phenoxy) is 1. The molecular formula is C25H35NO3. The summed E-state index contributed by atoms with van der Waals surface area (Å²) in [4.78, 5) is 15.5. The Balaban J connectivity index is 1.30. The van der Waals surface area contributed by atoms with Gasteiger partial charge < -0.3 is 14.7 Å². The Bertz CT molecular complexity index is 740. The van der Waals surface area contributed by atoms with Crippen LogP contribution in [-0.4, -0.2) is 41.2 Å². The van der Waals surface area contributed by atoms with Gasteiger partial charge in [0, 0.05) is 13.1 Å². The van der Waals surface area contributed by atoms with Gasteiger partial charge in [-0.25, -0.2) is 0 Å². The largest absolute Gasteiger partial charge is 0.492 e. The fraction of sp³-hybridized carbons (Fsp3) is 0.720. The molecule has 1 aromatic carbocycles. The Morgan fingerprint density at radius 3 is 2.48 bits per heavy atom. The highest BCUT2D eigenvalue weighted by molar-refractivity contribution is 5.97. The molecular weight excluding hydrogens is 362 g/mol. The topological polar surface area (TPSA) is 49.8 Å². The molecule has 5 aliphatic rings. The second-order valence-electron chi connectivity index (χ2n) is 10.4. The van der Waals surface area contributed by atoms with Crippen molar-refractivity contribution in [2.75, 3.05) is 13.7 Å². The van der Waals surface area contributed by atoms with Gasteiger partial charge in [0.2, 0.25) is 0 Å². The molecule has 6 rings (SSSR count). The van der Waals surface area contributed by atoms with E-state index in [-0.39, 0.29) is 11.9 Å². The molecule has 0 aromatic heterocycles. The van der Waals surface area contributed by atoms with Crippen LogP contribution < -0.4 is 4.74 Å². The summed E-state index contributed by atoms with van der Waals surface area (Å²) >= 11 is 0. The Kier molecular flexibility index (Phi) is 5.09. The molecule has 0 saturated heterocycles. The van der Waals surface area contributed by atoms with Crippen molar-refractivity contribution in [1.82, 2.24) is 4.90 Å². The summed E-state index contributed by atoms with van der Waals surface area (Å²) in [5, 5.41) is 10.9. The standard InChI is InChI=1S/C25H35NO3/c1-26(23-19-11-18-12-20(23)15-25(28,13-18)14-19)24(27)21-9-5-6-10-22(21)29-16-17-7-3-2-4-8-17/h5-6,9-10,17-20,23,28H,2-4,7-8,11-16H2,1H3. The van der Waals surface area contributed by atoms with Gasteiger partial charge in [0.1, 0.15) is 5.75 Å². The molecule has 5 saturated carbocycles. The maximum atomic E-state index is 13.5. The van der Waals surface area contributed by atoms with E-state index in [2.05, 4.69) is 0 Å². The van der Waals surface area contributed by atoms with Crippen LogP contribution in [0, 0.1) is 23.7 Å². The van der Waals surface area contributed by atoms with Crippen molar-refractivity contribution in [3.05, 3.63) is 29.8 Å². The first-order chi connectivity index (χ1) is 14.0. The highest BCUT2D eigenvalue weighted by Crippen LogP contribution is 2.57. The van der Waals surface area contributed by atoms with Crippen LogP contribution in [-0.2, 0) is 0 Å². The Hall–Kier alpha value is -1.55. The minimum atomic E-state index is -0.460. The van der Waals surface area contributed by atoms with Crippen LogP contribution in [0.5, 0.6) is 5.75 Å². The molecule has 2 unspecified atom stereocenters. The summed E-state index contributed by atoms with van der Waals surface area (Å²) in [6, 6.07) is 8.02. The molecule has 2 atom stereocenters. The molecule has 4 heteroatoms. The predicted molar refractivity (Wildman–Crippen MR) is 113 cm³/mol. The van der Waals surface area contributed by atoms with Crippen molar-refractivity contribution in [2.45, 2.75) is 75.9 Å². The van der Waals surface area contributed by atoms with Crippen molar-refractivity contribution in [3.63, 3.8) is 0 Å². The van der Waals surface area contributed by atoms with E-state index in [4.69, 9.17) is 4.74 Å². The highest BCUT2D eigenvalue weighted by atomic mass is 16.5. The van der Waals surface area contributed by atoms with Crippen molar-refractivity contribution in [3.8, 4) is 5.75 Å². The molecule has 0 spiro atoms. The monoisotopic (exact) mass is 397 g/mol. The van der Waals surface area contributed by atoms with E-state index in [9.17, 15) is 9.90 Å². The van der Waals surface area contributed by atoms with Crippen LogP contribution in [0.2, 0.25) is 0 Å². The Morgan fingerprint density at radius 1 is 1.10 bits per heavy atom. The zero-order valence-electron chi connectivity index (χ0n) is 17.7. The number of hydrogen-bond acceptors (Lipinski definition) is 3. The lowest BCUT2D eigenvalue weighted by Gasteiger charge is -2.59. The fourth-order valence-electron chi connectivity index (χ4n) is 7.24. The quantitative estimate of drug-likeness (QED) is 0.786. The Morgan fingerprint density at radius 2 is 1.79 bits per heavy atom. The first kappa shape index (κ1) is 19.4. The van der Waals surface area contributed by atoms with Gasteiger partial charge in [0.25, 0.3) is 5.91 Å². The van der Waals surface area contributed by atoms with E-state index in [1.165, 1.54) is 44.9 Å². The van der Waals surface area contributed by atoms with Crippen LogP contribution in [0.15, 0.2) is 24.3 Å². The number of benzene rings is 1. The lowest BCUT2D eigenvalue weighted by molar-refractivity contribution is -0.152. The summed E-state index contributed by atoms with van der Waals surface area (Å²) < 4.78 is 6.18. The number of nitrogens with zero attached hydrogens (tertiary/aromatic N) is 1. The second kappa shape index (κ2) is 7.61. The maximum absolute atomic E-state index is 13.5. The number of amides is 1. The van der Waals surface area contributed by atoms with E-state index >= 15 is 0 Å². The van der Waals surface area contributed by atoms with Crippen LogP contribution in [0.4, 0.5) is 0 Å². The molecule has 5 fully saturated rings. The third-order valence-corrected chi connectivity index (χ3v) is 8.28. The van der Waals surface area contributed by atoms with Crippen molar-refractivity contribution < 1.29 is 14.6 Å². The van der Waals surface area contributed by atoms with Gasteiger partial charge in [-0.3, -0.25) is 4.79 Å². The first-order valence-electron chi connectivity index (χ1n) is 11.7. The van der Waals surface area contributed by atoms with Crippen LogP contribution in [0.25, 0.3) is 0 Å². The molecule has 29 heavy (non-hydrogen) atoms. The summed E-state index contributed by atoms with van der Waals surface area (Å²) in [5.74, 6) is 2.97. The number of rotatable bonds is 5. The minimum absolute atomic E-state index is 0.0775. The van der Waals surface area contributed by atoms with Gasteiger partial charge >= 0.3 is 0 Å². The lowest BCUT2D eigenvalue weighted by atomic mass is 9.52. The van der Waals surface area contributed by atoms with Crippen molar-refractivity contribution in [1.29, 1.82) is 0 Å². The highest BCUT2D eigenvalue weighted by Gasteiger charge is 2.56. The maximum Gasteiger partial charge on any atom is 0.257 e. The first-order valence-corrected chi connectivity index (χ1v) is 11.7. The molecule has 1 amide bonds. The number of hydrogen-bond donors (Lipinski definition) is 1. The molecule has 1 N–H and O–H groups in total. The summed E-state index contributed by atoms with van der Waals surface area (Å²) in [6.07, 6.45) is 11.5. The number of para-hydroxylation sites is 1. The van der Waals surface area contributed by atoms with Gasteiger partial charge in [0.15, 0.2) is 0 Å². The zero-order chi connectivity index (χ0) is 20.0. The van der Waals surface area contributed by atoms with E-state index in [0.29, 0.717) is 29.2 Å². The molecule has 0 aliphatic heterocycles. The smallest absolute Gasteiger partial charge is 0.257 e. The lowest BCUT2D eigenvalue weighted by Crippen LogP contribution is -2.61. The predicted octanol–water partition coefficient (Wildman–Crippen LogP) is 4.66. The normalized spacial score (nSPS) is 36.2. The molecule has 4 bridgehead atoms. The molecule has 0 heterocycles. The molecule has 4 nitrogen and oxygen atoms in total. The van der Waals surface area contributed by atoms with Crippen LogP contribution in [0.1, 0.15) is 74.6 Å². The molecule has 5 aliphatic carbocycles. The van der Waals surface area contributed by atoms with Crippen molar-refractivity contribution in [2.24, 2.45) is 23.7 Å². The third-order valence-electron chi connectivity index (χ3n) is 8.28. The molecule has 0 radical (unpaired) electrons. The van der Waals surface area contributed by atoms with Gasteiger partial charge in [-0.15, -0.1) is 0 Å². The third kappa shape index (κ3) is 3.69. The minimum Gasteiger partial charge on any atom is -0.492 e. The van der Waals surface area contributed by atoms with Crippen LogP contribution in [0.3, 0.4) is 0 Å². The number of carbonyl (C=O) groups excluding carboxylic acids is 1. The summed E-state index contributed by atoms with van der Waals surface area (Å²) in [7, 11) is 1.97. The van der Waals surface area contributed by atoms with E-state index in [1.54, 1.807) is 0 Å². The van der Waals surface area contributed by atoms with Gasteiger partial charge in [-0.1, -0.05) is 31.4 Å². The van der Waals surface area contributed by atoms with Crippen molar-refractivity contribution >= 4 is 5.91 Å². The van der Waals surface area contributed by atoms with E-state index < -0.39 is 5.60 Å². The summed E-state index contributed by atoms with van der Waals surface area (Å²) in [6.45, 7) is 0.720. The zero-order valence-corrected chi connectivity index (χ0v) is 17.7. The van der Waals surface area contributed by atoms with Gasteiger partial charge in [0.05, 0.1) is 17.8 Å². The fourth-order valence-corrected chi connectivity index (χ4v) is 7.24. The van der Waals surface area contributed by atoms with Gasteiger partial charge in [-0.05, 0) is 80.8 Å². The number of carbonyl (C=O) groups is 1. The second-order valence-corrected chi connectivity index (χ2v) is 10.4. The summed E-state index contributed by atoms with van der Waals surface area (Å²) in [5.41, 5.74) is 0.232.